The first kappa shape index (κ1) is 15.8. The molecule has 0 amide bonds. The van der Waals surface area contributed by atoms with Crippen LogP contribution >= 0.6 is 31.9 Å². The van der Waals surface area contributed by atoms with Gasteiger partial charge in [0, 0.05) is 14.9 Å². The largest absolute Gasteiger partial charge is 0.0551 e. The predicted molar refractivity (Wildman–Crippen MR) is 94.7 cm³/mol. The van der Waals surface area contributed by atoms with Crippen LogP contribution < -0.4 is 0 Å². The molecule has 0 aliphatic heterocycles. The van der Waals surface area contributed by atoms with Crippen molar-refractivity contribution in [3.8, 4) is 0 Å². The second kappa shape index (κ2) is 6.03. The van der Waals surface area contributed by atoms with Crippen LogP contribution in [0.25, 0.3) is 0 Å². The van der Waals surface area contributed by atoms with E-state index in [0.717, 1.165) is 0 Å². The van der Waals surface area contributed by atoms with E-state index in [9.17, 15) is 0 Å². The quantitative estimate of drug-likeness (QED) is 0.537. The van der Waals surface area contributed by atoms with Gasteiger partial charge >= 0.3 is 0 Å². The Hall–Kier alpha value is -0.600. The van der Waals surface area contributed by atoms with Crippen LogP contribution in [0.5, 0.6) is 0 Å². The molecule has 0 aliphatic carbocycles. The summed E-state index contributed by atoms with van der Waals surface area (Å²) in [6.45, 7) is 10.9. The maximum atomic E-state index is 3.67. The molecule has 0 unspecified atom stereocenters. The van der Waals surface area contributed by atoms with Gasteiger partial charge in [-0.05, 0) is 73.2 Å². The maximum absolute atomic E-state index is 3.67. The number of halogens is 2. The lowest BCUT2D eigenvalue weighted by Gasteiger charge is -2.17. The van der Waals surface area contributed by atoms with Gasteiger partial charge in [0.2, 0.25) is 0 Å². The lowest BCUT2D eigenvalue weighted by molar-refractivity contribution is 0.911. The Morgan fingerprint density at radius 2 is 1.05 bits per heavy atom. The van der Waals surface area contributed by atoms with Crippen molar-refractivity contribution in [1.82, 2.24) is 0 Å². The summed E-state index contributed by atoms with van der Waals surface area (Å²) in [5.74, 6) is 0.390. The molecule has 0 saturated carbocycles. The summed E-state index contributed by atoms with van der Waals surface area (Å²) in [6.07, 6.45) is 0. The fourth-order valence-electron chi connectivity index (χ4n) is 2.38. The van der Waals surface area contributed by atoms with E-state index in [4.69, 9.17) is 0 Å². The molecular formula is C18H20Br2. The third kappa shape index (κ3) is 3.01. The Balaban J connectivity index is 2.49. The van der Waals surface area contributed by atoms with Crippen LogP contribution in [0.15, 0.2) is 33.2 Å². The first-order valence-electron chi connectivity index (χ1n) is 6.84. The smallest absolute Gasteiger partial charge is 0.0210 e. The summed E-state index contributed by atoms with van der Waals surface area (Å²) < 4.78 is 2.39. The fraction of sp³-hybridized carbons (Fsp3) is 0.333. The Labute approximate surface area is 138 Å². The van der Waals surface area contributed by atoms with Gasteiger partial charge in [0.25, 0.3) is 0 Å². The van der Waals surface area contributed by atoms with Gasteiger partial charge in [-0.2, -0.15) is 0 Å². The molecule has 2 aromatic carbocycles. The van der Waals surface area contributed by atoms with Gasteiger partial charge in [-0.1, -0.05) is 50.9 Å². The molecule has 0 N–H and O–H groups in total. The SMILES string of the molecule is Cc1cc(C(C)c2cc(C)c(C)c(Br)c2)cc(Br)c1C. The Bertz CT molecular complexity index is 553. The molecule has 0 heterocycles. The van der Waals surface area contributed by atoms with Gasteiger partial charge in [-0.15, -0.1) is 0 Å². The van der Waals surface area contributed by atoms with E-state index < -0.39 is 0 Å². The second-order valence-corrected chi connectivity index (χ2v) is 7.32. The Kier molecular flexibility index (Phi) is 4.76. The third-order valence-electron chi connectivity index (χ3n) is 4.25. The van der Waals surface area contributed by atoms with E-state index in [0.29, 0.717) is 5.92 Å². The van der Waals surface area contributed by atoms with Gasteiger partial charge < -0.3 is 0 Å². The van der Waals surface area contributed by atoms with Crippen molar-refractivity contribution in [2.75, 3.05) is 0 Å². The van der Waals surface area contributed by atoms with Crippen LogP contribution in [0.3, 0.4) is 0 Å². The molecule has 0 saturated heterocycles. The normalized spacial score (nSPS) is 11.2. The zero-order chi connectivity index (χ0) is 15.0. The van der Waals surface area contributed by atoms with E-state index in [-0.39, 0.29) is 0 Å². The van der Waals surface area contributed by atoms with Crippen molar-refractivity contribution < 1.29 is 0 Å². The molecule has 0 nitrogen and oxygen atoms in total. The average molecular weight is 396 g/mol. The van der Waals surface area contributed by atoms with Gasteiger partial charge in [0.05, 0.1) is 0 Å². The Morgan fingerprint density at radius 1 is 0.700 bits per heavy atom. The molecule has 2 aromatic rings. The molecule has 0 spiro atoms. The molecule has 0 aromatic heterocycles. The molecule has 0 bridgehead atoms. The summed E-state index contributed by atoms with van der Waals surface area (Å²) in [7, 11) is 0. The lowest BCUT2D eigenvalue weighted by Crippen LogP contribution is -2.00. The highest BCUT2D eigenvalue weighted by Crippen LogP contribution is 2.33. The monoisotopic (exact) mass is 394 g/mol. The van der Waals surface area contributed by atoms with Gasteiger partial charge in [0.1, 0.15) is 0 Å². The van der Waals surface area contributed by atoms with Crippen LogP contribution in [0.1, 0.15) is 46.2 Å². The number of aryl methyl sites for hydroxylation is 2. The van der Waals surface area contributed by atoms with E-state index in [1.54, 1.807) is 0 Å². The number of hydrogen-bond donors (Lipinski definition) is 0. The highest BCUT2D eigenvalue weighted by Gasteiger charge is 2.13. The van der Waals surface area contributed by atoms with E-state index >= 15 is 0 Å². The second-order valence-electron chi connectivity index (χ2n) is 5.61. The van der Waals surface area contributed by atoms with Crippen molar-refractivity contribution in [2.24, 2.45) is 0 Å². The number of benzene rings is 2. The third-order valence-corrected chi connectivity index (χ3v) is 5.90. The molecule has 0 atom stereocenters. The van der Waals surface area contributed by atoms with E-state index in [1.165, 1.54) is 42.3 Å². The van der Waals surface area contributed by atoms with Crippen molar-refractivity contribution >= 4 is 31.9 Å². The first-order valence-corrected chi connectivity index (χ1v) is 8.43. The fourth-order valence-corrected chi connectivity index (χ4v) is 3.53. The maximum Gasteiger partial charge on any atom is 0.0210 e. The van der Waals surface area contributed by atoms with Gasteiger partial charge in [0.15, 0.2) is 0 Å². The van der Waals surface area contributed by atoms with Crippen molar-refractivity contribution in [3.05, 3.63) is 66.6 Å². The zero-order valence-corrected chi connectivity index (χ0v) is 15.8. The molecular weight excluding hydrogens is 376 g/mol. The first-order chi connectivity index (χ1) is 9.31. The van der Waals surface area contributed by atoms with Crippen molar-refractivity contribution in [1.29, 1.82) is 0 Å². The predicted octanol–water partition coefficient (Wildman–Crippen LogP) is 6.60. The van der Waals surface area contributed by atoms with E-state index in [2.05, 4.69) is 90.7 Å². The minimum atomic E-state index is 0.390. The summed E-state index contributed by atoms with van der Waals surface area (Å²) in [5, 5.41) is 0. The van der Waals surface area contributed by atoms with E-state index in [1.807, 2.05) is 0 Å². The zero-order valence-electron chi connectivity index (χ0n) is 12.6. The summed E-state index contributed by atoms with van der Waals surface area (Å²) >= 11 is 7.34. The molecule has 0 fully saturated rings. The molecule has 0 radical (unpaired) electrons. The van der Waals surface area contributed by atoms with Gasteiger partial charge in [-0.3, -0.25) is 0 Å². The van der Waals surface area contributed by atoms with Crippen LogP contribution in [0, 0.1) is 27.7 Å². The Morgan fingerprint density at radius 3 is 1.35 bits per heavy atom. The van der Waals surface area contributed by atoms with Crippen LogP contribution in [0.2, 0.25) is 0 Å². The summed E-state index contributed by atoms with van der Waals surface area (Å²) in [4.78, 5) is 0. The lowest BCUT2D eigenvalue weighted by atomic mass is 9.89. The standard InChI is InChI=1S/C18H20Br2/c1-10-6-15(8-17(19)12(10)3)14(5)16-7-11(2)13(4)18(20)9-16/h6-9,14H,1-5H3. The van der Waals surface area contributed by atoms with Crippen LogP contribution in [-0.2, 0) is 0 Å². The molecule has 106 valence electrons. The van der Waals surface area contributed by atoms with Crippen LogP contribution in [0.4, 0.5) is 0 Å². The van der Waals surface area contributed by atoms with Crippen LogP contribution in [-0.4, -0.2) is 0 Å². The number of hydrogen-bond acceptors (Lipinski definition) is 0. The minimum absolute atomic E-state index is 0.390. The molecule has 2 rings (SSSR count). The van der Waals surface area contributed by atoms with Crippen molar-refractivity contribution in [3.63, 3.8) is 0 Å². The molecule has 2 heteroatoms. The summed E-state index contributed by atoms with van der Waals surface area (Å²) in [6, 6.07) is 9.09. The minimum Gasteiger partial charge on any atom is -0.0551 e. The van der Waals surface area contributed by atoms with Crippen molar-refractivity contribution in [2.45, 2.75) is 40.5 Å². The highest BCUT2D eigenvalue weighted by molar-refractivity contribution is 9.10. The summed E-state index contributed by atoms with van der Waals surface area (Å²) in [5.41, 5.74) is 8.03. The average Bonchev–Trinajstić information content (AvgIpc) is 2.40. The number of rotatable bonds is 2. The topological polar surface area (TPSA) is 0 Å². The highest BCUT2D eigenvalue weighted by atomic mass is 79.9. The molecule has 0 aliphatic rings. The molecule has 20 heavy (non-hydrogen) atoms. The van der Waals surface area contributed by atoms with Gasteiger partial charge in [-0.25, -0.2) is 0 Å².